The Balaban J connectivity index is 0. The normalized spacial score (nSPS) is 10.3. The highest BCUT2D eigenvalue weighted by Gasteiger charge is 2.17. The Morgan fingerprint density at radius 1 is 1.27 bits per heavy atom. The number of benzene rings is 1. The van der Waals surface area contributed by atoms with Crippen LogP contribution in [0.3, 0.4) is 0 Å². The summed E-state index contributed by atoms with van der Waals surface area (Å²) in [6.07, 6.45) is 0.903. The minimum Gasteiger partial charge on any atom is -0.412 e. The average Bonchev–Trinajstić information content (AvgIpc) is 2.41. The van der Waals surface area contributed by atoms with Crippen LogP contribution in [0.1, 0.15) is 18.9 Å². The molecule has 22 heavy (non-hydrogen) atoms. The van der Waals surface area contributed by atoms with Crippen molar-refractivity contribution >= 4 is 33.3 Å². The van der Waals surface area contributed by atoms with Crippen LogP contribution in [0.25, 0.3) is 0 Å². The van der Waals surface area contributed by atoms with Gasteiger partial charge in [-0.2, -0.15) is 8.42 Å². The van der Waals surface area contributed by atoms with Crippen molar-refractivity contribution < 1.29 is 28.7 Å². The number of hydrogen-bond acceptors (Lipinski definition) is 3. The maximum absolute atomic E-state index is 11.9. The number of alkyl halides is 1. The Morgan fingerprint density at radius 3 is 2.36 bits per heavy atom. The average molecular weight is 356 g/mol. The first-order chi connectivity index (χ1) is 9.39. The molecule has 0 bridgehead atoms. The van der Waals surface area contributed by atoms with E-state index in [1.54, 1.807) is 6.07 Å². The molecule has 5 N–H and O–H groups in total. The second-order valence-electron chi connectivity index (χ2n) is 4.30. The number of aryl methyl sites for hydroxylation is 1. The summed E-state index contributed by atoms with van der Waals surface area (Å²) in [5.41, 5.74) is 1.72. The van der Waals surface area contributed by atoms with Crippen molar-refractivity contribution in [1.29, 1.82) is 0 Å². The molecule has 0 fully saturated rings. The molecule has 0 radical (unpaired) electrons. The Kier molecular flexibility index (Phi) is 11.0. The third kappa shape index (κ3) is 7.19. The van der Waals surface area contributed by atoms with E-state index in [0.717, 1.165) is 17.7 Å². The van der Waals surface area contributed by atoms with E-state index in [4.69, 9.17) is 16.2 Å². The van der Waals surface area contributed by atoms with Crippen molar-refractivity contribution in [3.05, 3.63) is 29.8 Å². The van der Waals surface area contributed by atoms with Gasteiger partial charge in [0.25, 0.3) is 10.1 Å². The lowest BCUT2D eigenvalue weighted by Gasteiger charge is -2.24. The predicted molar refractivity (Wildman–Crippen MR) is 87.2 cm³/mol. The van der Waals surface area contributed by atoms with Gasteiger partial charge in [-0.05, 0) is 24.5 Å². The lowest BCUT2D eigenvalue weighted by Crippen LogP contribution is -2.34. The van der Waals surface area contributed by atoms with Gasteiger partial charge in [-0.3, -0.25) is 9.35 Å². The fourth-order valence-corrected chi connectivity index (χ4v) is 2.57. The van der Waals surface area contributed by atoms with Crippen molar-refractivity contribution in [1.82, 2.24) is 0 Å². The minimum atomic E-state index is -4.02. The van der Waals surface area contributed by atoms with Crippen LogP contribution in [-0.4, -0.2) is 48.0 Å². The molecule has 0 spiro atoms. The number of para-hydroxylation sites is 1. The van der Waals surface area contributed by atoms with E-state index in [1.807, 2.05) is 25.1 Å². The molecule has 0 aliphatic carbocycles. The van der Waals surface area contributed by atoms with Crippen LogP contribution in [0.2, 0.25) is 0 Å². The zero-order valence-corrected chi connectivity index (χ0v) is 13.8. The lowest BCUT2D eigenvalue weighted by molar-refractivity contribution is -0.116. The summed E-state index contributed by atoms with van der Waals surface area (Å²) in [4.78, 5) is 13.4. The number of amides is 1. The van der Waals surface area contributed by atoms with Gasteiger partial charge < -0.3 is 15.9 Å². The largest absolute Gasteiger partial charge is 0.412 e. The molecule has 0 saturated heterocycles. The molecule has 0 atom stereocenters. The molecule has 0 heterocycles. The predicted octanol–water partition coefficient (Wildman–Crippen LogP) is 0.449. The molecule has 0 saturated carbocycles. The molecule has 1 rings (SSSR count). The molecule has 0 unspecified atom stereocenters. The van der Waals surface area contributed by atoms with Crippen molar-refractivity contribution in [3.63, 3.8) is 0 Å². The van der Waals surface area contributed by atoms with Gasteiger partial charge in [0.1, 0.15) is 5.88 Å². The van der Waals surface area contributed by atoms with Gasteiger partial charge in [0, 0.05) is 12.2 Å². The van der Waals surface area contributed by atoms with Crippen molar-refractivity contribution in [3.8, 4) is 0 Å². The fourth-order valence-electron chi connectivity index (χ4n) is 1.93. The second kappa shape index (κ2) is 10.5. The molecule has 0 aliphatic heterocycles. The van der Waals surface area contributed by atoms with E-state index in [-0.39, 0.29) is 41.5 Å². The molecule has 9 heteroatoms. The van der Waals surface area contributed by atoms with Crippen LogP contribution in [0.15, 0.2) is 24.3 Å². The third-order valence-corrected chi connectivity index (χ3v) is 3.90. The van der Waals surface area contributed by atoms with E-state index >= 15 is 0 Å². The molecule has 1 aromatic rings. The number of anilines is 1. The van der Waals surface area contributed by atoms with Crippen LogP contribution in [0, 0.1) is 0 Å². The van der Waals surface area contributed by atoms with Gasteiger partial charge in [0.05, 0.1) is 5.75 Å². The molecule has 0 aromatic heterocycles. The number of nitrogens with zero attached hydrogens (tertiary/aromatic N) is 1. The highest BCUT2D eigenvalue weighted by atomic mass is 35.5. The summed E-state index contributed by atoms with van der Waals surface area (Å²) in [5, 5.41) is 0. The number of carbonyl (C=O) groups excluding carboxylic acids is 1. The van der Waals surface area contributed by atoms with Crippen molar-refractivity contribution in [2.45, 2.75) is 19.8 Å². The summed E-state index contributed by atoms with van der Waals surface area (Å²) in [5.74, 6) is -0.847. The zero-order chi connectivity index (χ0) is 15.2. The summed E-state index contributed by atoms with van der Waals surface area (Å²) in [6.45, 7) is 2.17. The van der Waals surface area contributed by atoms with Crippen molar-refractivity contribution in [2.24, 2.45) is 0 Å². The van der Waals surface area contributed by atoms with Crippen molar-refractivity contribution in [2.75, 3.05) is 23.1 Å². The number of halogens is 1. The van der Waals surface area contributed by atoms with E-state index in [0.29, 0.717) is 0 Å². The van der Waals surface area contributed by atoms with Crippen LogP contribution < -0.4 is 4.90 Å². The topological polar surface area (TPSA) is 138 Å². The standard InChI is InChI=1S/C13H18ClNO4S.2H2O/c1-2-11-6-3-4-7-12(11)15(13(16)10-14)8-5-9-20(17,18)19;;/h3-4,6-7H,2,5,8-10H2,1H3,(H,17,18,19);2*1H2. The number of rotatable bonds is 7. The Bertz CT molecular complexity index is 563. The van der Waals surface area contributed by atoms with E-state index in [1.165, 1.54) is 4.90 Å². The number of hydrogen-bond donors (Lipinski definition) is 1. The van der Waals surface area contributed by atoms with E-state index in [2.05, 4.69) is 0 Å². The lowest BCUT2D eigenvalue weighted by atomic mass is 10.1. The van der Waals surface area contributed by atoms with E-state index in [9.17, 15) is 13.2 Å². The molecule has 1 aromatic carbocycles. The van der Waals surface area contributed by atoms with Gasteiger partial charge in [-0.25, -0.2) is 0 Å². The molecule has 7 nitrogen and oxygen atoms in total. The molecule has 1 amide bonds. The quantitative estimate of drug-likeness (QED) is 0.560. The summed E-state index contributed by atoms with van der Waals surface area (Å²) < 4.78 is 30.2. The zero-order valence-electron chi connectivity index (χ0n) is 12.3. The maximum Gasteiger partial charge on any atom is 0.264 e. The maximum atomic E-state index is 11.9. The third-order valence-electron chi connectivity index (χ3n) is 2.86. The van der Waals surface area contributed by atoms with E-state index < -0.39 is 10.1 Å². The summed E-state index contributed by atoms with van der Waals surface area (Å²) in [7, 11) is -4.02. The van der Waals surface area contributed by atoms with Crippen LogP contribution in [0.4, 0.5) is 5.69 Å². The van der Waals surface area contributed by atoms with Crippen LogP contribution in [0.5, 0.6) is 0 Å². The SMILES string of the molecule is CCc1ccccc1N(CCCS(=O)(=O)O)C(=O)CCl.O.O. The second-order valence-corrected chi connectivity index (χ2v) is 6.14. The van der Waals surface area contributed by atoms with Crippen LogP contribution >= 0.6 is 11.6 Å². The first-order valence-electron chi connectivity index (χ1n) is 6.28. The highest BCUT2D eigenvalue weighted by Crippen LogP contribution is 2.21. The minimum absolute atomic E-state index is 0. The Labute approximate surface area is 135 Å². The molecule has 128 valence electrons. The van der Waals surface area contributed by atoms with Gasteiger partial charge in [-0.15, -0.1) is 11.6 Å². The van der Waals surface area contributed by atoms with Gasteiger partial charge in [0.15, 0.2) is 0 Å². The monoisotopic (exact) mass is 355 g/mol. The molecular weight excluding hydrogens is 334 g/mol. The Morgan fingerprint density at radius 2 is 1.86 bits per heavy atom. The first-order valence-corrected chi connectivity index (χ1v) is 8.42. The van der Waals surface area contributed by atoms with Gasteiger partial charge in [0.2, 0.25) is 5.91 Å². The first kappa shape index (κ1) is 23.1. The van der Waals surface area contributed by atoms with Crippen LogP contribution in [-0.2, 0) is 21.3 Å². The smallest absolute Gasteiger partial charge is 0.264 e. The van der Waals surface area contributed by atoms with Gasteiger partial charge in [-0.1, -0.05) is 25.1 Å². The fraction of sp³-hybridized carbons (Fsp3) is 0.462. The Hall–Kier alpha value is -1.19. The summed E-state index contributed by atoms with van der Waals surface area (Å²) >= 11 is 5.60. The number of carbonyl (C=O) groups is 1. The highest BCUT2D eigenvalue weighted by molar-refractivity contribution is 7.85. The molecule has 0 aliphatic rings. The van der Waals surface area contributed by atoms with Gasteiger partial charge >= 0.3 is 0 Å². The molecular formula is C13H22ClNO6S. The summed E-state index contributed by atoms with van der Waals surface area (Å²) in [6, 6.07) is 7.40.